The first-order chi connectivity index (χ1) is 14.8. The molecule has 1 aliphatic rings. The van der Waals surface area contributed by atoms with Crippen LogP contribution in [0, 0.1) is 25.7 Å². The maximum absolute atomic E-state index is 13.3. The number of fused-ring (bicyclic) bond motifs is 1. The van der Waals surface area contributed by atoms with Gasteiger partial charge in [0.1, 0.15) is 5.82 Å². The number of nitrogens with zero attached hydrogens (tertiary/aromatic N) is 5. The predicted molar refractivity (Wildman–Crippen MR) is 123 cm³/mol. The normalized spacial score (nSPS) is 17.9. The number of para-hydroxylation sites is 2. The minimum Gasteiger partial charge on any atom is -0.346 e. The van der Waals surface area contributed by atoms with Crippen molar-refractivity contribution in [1.29, 1.82) is 0 Å². The van der Waals surface area contributed by atoms with Crippen LogP contribution in [0.2, 0.25) is 0 Å². The van der Waals surface area contributed by atoms with Gasteiger partial charge in [0.15, 0.2) is 0 Å². The number of carbonyl (C=O) groups is 1. The summed E-state index contributed by atoms with van der Waals surface area (Å²) < 4.78 is 2.09. The van der Waals surface area contributed by atoms with Gasteiger partial charge in [-0.2, -0.15) is 0 Å². The highest BCUT2D eigenvalue weighted by Gasteiger charge is 2.31. The number of rotatable bonds is 5. The van der Waals surface area contributed by atoms with Crippen LogP contribution < -0.4 is 10.2 Å². The van der Waals surface area contributed by atoms with E-state index in [9.17, 15) is 4.79 Å². The van der Waals surface area contributed by atoms with E-state index in [1.165, 1.54) is 0 Å². The van der Waals surface area contributed by atoms with Gasteiger partial charge in [-0.15, -0.1) is 0 Å². The third-order valence-electron chi connectivity index (χ3n) is 6.11. The second-order valence-corrected chi connectivity index (χ2v) is 8.98. The van der Waals surface area contributed by atoms with Gasteiger partial charge in [0.05, 0.1) is 23.0 Å². The van der Waals surface area contributed by atoms with Crippen LogP contribution in [-0.4, -0.2) is 38.5 Å². The Balaban J connectivity index is 1.53. The molecule has 7 heteroatoms. The zero-order valence-corrected chi connectivity index (χ0v) is 19.1. The summed E-state index contributed by atoms with van der Waals surface area (Å²) in [7, 11) is 2.02. The monoisotopic (exact) mass is 420 g/mol. The zero-order valence-electron chi connectivity index (χ0n) is 19.1. The zero-order chi connectivity index (χ0) is 22.1. The van der Waals surface area contributed by atoms with E-state index in [-0.39, 0.29) is 23.8 Å². The summed E-state index contributed by atoms with van der Waals surface area (Å²) in [5.41, 5.74) is 3.94. The number of anilines is 1. The first kappa shape index (κ1) is 21.3. The van der Waals surface area contributed by atoms with Gasteiger partial charge in [-0.3, -0.25) is 4.79 Å². The van der Waals surface area contributed by atoms with Crippen molar-refractivity contribution in [2.75, 3.05) is 18.0 Å². The minimum absolute atomic E-state index is 0.0832. The van der Waals surface area contributed by atoms with Crippen molar-refractivity contribution in [3.63, 3.8) is 0 Å². The van der Waals surface area contributed by atoms with E-state index in [0.29, 0.717) is 6.54 Å². The van der Waals surface area contributed by atoms with Crippen molar-refractivity contribution in [2.45, 2.75) is 46.6 Å². The van der Waals surface area contributed by atoms with Crippen LogP contribution in [0.25, 0.3) is 11.0 Å². The van der Waals surface area contributed by atoms with E-state index in [1.807, 2.05) is 45.2 Å². The van der Waals surface area contributed by atoms with E-state index >= 15 is 0 Å². The van der Waals surface area contributed by atoms with Crippen molar-refractivity contribution in [3.8, 4) is 0 Å². The lowest BCUT2D eigenvalue weighted by molar-refractivity contribution is -0.126. The number of piperidine rings is 1. The molecular weight excluding hydrogens is 388 g/mol. The number of benzene rings is 1. The summed E-state index contributed by atoms with van der Waals surface area (Å²) in [5.74, 6) is 1.84. The highest BCUT2D eigenvalue weighted by molar-refractivity contribution is 5.80. The van der Waals surface area contributed by atoms with Crippen LogP contribution in [-0.2, 0) is 11.8 Å². The van der Waals surface area contributed by atoms with Crippen LogP contribution in [0.3, 0.4) is 0 Å². The first-order valence-corrected chi connectivity index (χ1v) is 11.1. The highest BCUT2D eigenvalue weighted by atomic mass is 16.2. The summed E-state index contributed by atoms with van der Waals surface area (Å²) >= 11 is 0. The quantitative estimate of drug-likeness (QED) is 0.681. The van der Waals surface area contributed by atoms with Gasteiger partial charge in [-0.1, -0.05) is 26.0 Å². The molecule has 1 fully saturated rings. The van der Waals surface area contributed by atoms with Crippen molar-refractivity contribution in [3.05, 3.63) is 47.5 Å². The summed E-state index contributed by atoms with van der Waals surface area (Å²) in [6.45, 7) is 9.74. The molecule has 3 aromatic rings. The fraction of sp³-hybridized carbons (Fsp3) is 0.500. The summed E-state index contributed by atoms with van der Waals surface area (Å²) in [6.07, 6.45) is 1.83. The topological polar surface area (TPSA) is 75.9 Å². The van der Waals surface area contributed by atoms with Gasteiger partial charge in [0.25, 0.3) is 0 Å². The molecule has 31 heavy (non-hydrogen) atoms. The number of nitrogens with one attached hydrogen (secondary N) is 1. The van der Waals surface area contributed by atoms with Gasteiger partial charge in [0.2, 0.25) is 11.9 Å². The Labute approximate surface area is 183 Å². The first-order valence-electron chi connectivity index (χ1n) is 11.1. The largest absolute Gasteiger partial charge is 0.346 e. The fourth-order valence-electron chi connectivity index (χ4n) is 4.46. The molecule has 3 heterocycles. The molecule has 164 valence electrons. The second-order valence-electron chi connectivity index (χ2n) is 8.98. The molecule has 0 saturated carbocycles. The van der Waals surface area contributed by atoms with E-state index in [0.717, 1.165) is 53.6 Å². The van der Waals surface area contributed by atoms with E-state index < -0.39 is 0 Å². The van der Waals surface area contributed by atoms with Gasteiger partial charge in [-0.05, 0) is 50.8 Å². The van der Waals surface area contributed by atoms with Gasteiger partial charge in [-0.25, -0.2) is 15.0 Å². The average molecular weight is 421 g/mol. The lowest BCUT2D eigenvalue weighted by Gasteiger charge is -2.33. The number of aromatic nitrogens is 4. The number of carbonyl (C=O) groups excluding carboxylic acids is 1. The van der Waals surface area contributed by atoms with Crippen molar-refractivity contribution in [1.82, 2.24) is 24.8 Å². The summed E-state index contributed by atoms with van der Waals surface area (Å²) in [6, 6.07) is 9.92. The molecule has 1 aliphatic heterocycles. The van der Waals surface area contributed by atoms with Crippen molar-refractivity contribution in [2.24, 2.45) is 18.9 Å². The molecule has 1 amide bonds. The van der Waals surface area contributed by atoms with Gasteiger partial charge in [0, 0.05) is 31.5 Å². The number of aryl methyl sites for hydroxylation is 3. The molecule has 1 N–H and O–H groups in total. The molecular formula is C24H32N6O. The molecule has 0 aliphatic carbocycles. The fourth-order valence-corrected chi connectivity index (χ4v) is 4.46. The molecule has 2 atom stereocenters. The van der Waals surface area contributed by atoms with Crippen LogP contribution in [0.4, 0.5) is 5.95 Å². The predicted octanol–water partition coefficient (Wildman–Crippen LogP) is 3.71. The maximum Gasteiger partial charge on any atom is 0.225 e. The summed E-state index contributed by atoms with van der Waals surface area (Å²) in [5, 5.41) is 3.31. The van der Waals surface area contributed by atoms with Crippen LogP contribution in [0.15, 0.2) is 30.3 Å². The average Bonchev–Trinajstić information content (AvgIpc) is 3.07. The molecule has 0 bridgehead atoms. The smallest absolute Gasteiger partial charge is 0.225 e. The SMILES string of the molecule is Cc1cc(C)nc(N2CCCC(C(=O)N[C@H](c3nc4ccccc4n3C)C(C)C)C2)n1. The standard InChI is InChI=1S/C24H32N6O/c1-15(2)21(22-27-19-10-6-7-11-20(19)29(22)5)28-23(31)18-9-8-12-30(14-18)24-25-16(3)13-17(4)26-24/h6-7,10-11,13,15,18,21H,8-9,12,14H2,1-5H3,(H,28,31)/t18?,21-/m0/s1. The molecule has 1 saturated heterocycles. The Hall–Kier alpha value is -2.96. The molecule has 0 spiro atoms. The van der Waals surface area contributed by atoms with E-state index in [2.05, 4.69) is 44.7 Å². The van der Waals surface area contributed by atoms with Gasteiger partial charge >= 0.3 is 0 Å². The Bertz CT molecular complexity index is 1070. The lowest BCUT2D eigenvalue weighted by atomic mass is 9.95. The van der Waals surface area contributed by atoms with E-state index in [4.69, 9.17) is 4.98 Å². The number of hydrogen-bond donors (Lipinski definition) is 1. The van der Waals surface area contributed by atoms with Crippen LogP contribution in [0.5, 0.6) is 0 Å². The lowest BCUT2D eigenvalue weighted by Crippen LogP contribution is -2.45. The molecule has 1 aromatic carbocycles. The molecule has 4 rings (SSSR count). The number of imidazole rings is 1. The van der Waals surface area contributed by atoms with Gasteiger partial charge < -0.3 is 14.8 Å². The van der Waals surface area contributed by atoms with Crippen molar-refractivity contribution >= 4 is 22.9 Å². The third kappa shape index (κ3) is 4.40. The van der Waals surface area contributed by atoms with E-state index in [1.54, 1.807) is 0 Å². The Morgan fingerprint density at radius 2 is 1.84 bits per heavy atom. The molecule has 1 unspecified atom stereocenters. The van der Waals surface area contributed by atoms with Crippen LogP contribution >= 0.6 is 0 Å². The molecule has 2 aromatic heterocycles. The third-order valence-corrected chi connectivity index (χ3v) is 6.11. The number of amides is 1. The molecule has 0 radical (unpaired) electrons. The molecule has 7 nitrogen and oxygen atoms in total. The highest BCUT2D eigenvalue weighted by Crippen LogP contribution is 2.27. The number of hydrogen-bond acceptors (Lipinski definition) is 5. The Morgan fingerprint density at radius 3 is 2.52 bits per heavy atom. The Kier molecular flexibility index (Phi) is 5.94. The minimum atomic E-state index is -0.141. The van der Waals surface area contributed by atoms with Crippen molar-refractivity contribution < 1.29 is 4.79 Å². The summed E-state index contributed by atoms with van der Waals surface area (Å²) in [4.78, 5) is 29.5. The second kappa shape index (κ2) is 8.65. The van der Waals surface area contributed by atoms with Crippen LogP contribution in [0.1, 0.15) is 49.9 Å². The Morgan fingerprint density at radius 1 is 1.13 bits per heavy atom. The maximum atomic E-state index is 13.3.